The van der Waals surface area contributed by atoms with E-state index < -0.39 is 0 Å². The van der Waals surface area contributed by atoms with E-state index in [-0.39, 0.29) is 0 Å². The molecule has 0 spiro atoms. The molecular weight excluding hydrogens is 318 g/mol. The molecule has 1 unspecified atom stereocenters. The zero-order chi connectivity index (χ0) is 17.6. The number of rotatable bonds is 5. The van der Waals surface area contributed by atoms with E-state index in [0.717, 1.165) is 32.5 Å². The van der Waals surface area contributed by atoms with Crippen LogP contribution >= 0.6 is 0 Å². The second-order valence-electron chi connectivity index (χ2n) is 6.80. The molecule has 1 heterocycles. The van der Waals surface area contributed by atoms with Crippen LogP contribution in [-0.2, 0) is 11.2 Å². The van der Waals surface area contributed by atoms with Crippen LogP contribution in [0.2, 0.25) is 0 Å². The summed E-state index contributed by atoms with van der Waals surface area (Å²) < 4.78 is 5.88. The molecule has 1 aliphatic heterocycles. The van der Waals surface area contributed by atoms with Gasteiger partial charge in [0.15, 0.2) is 0 Å². The molecule has 26 heavy (non-hydrogen) atoms. The molecule has 0 aromatic heterocycles. The maximum Gasteiger partial charge on any atom is 0.0703 e. The molecule has 1 atom stereocenters. The predicted octanol–water partition coefficient (Wildman–Crippen LogP) is 4.94. The van der Waals surface area contributed by atoms with Crippen LogP contribution in [0.1, 0.15) is 12.0 Å². The minimum absolute atomic E-state index is 0.321. The summed E-state index contributed by atoms with van der Waals surface area (Å²) in [5.74, 6) is 0. The lowest BCUT2D eigenvalue weighted by Crippen LogP contribution is -2.38. The first-order valence-electron chi connectivity index (χ1n) is 9.47. The molecule has 0 aliphatic carbocycles. The Morgan fingerprint density at radius 2 is 1.46 bits per heavy atom. The molecule has 1 N–H and O–H groups in total. The van der Waals surface area contributed by atoms with Gasteiger partial charge in [0.2, 0.25) is 0 Å². The minimum atomic E-state index is 0.321. The van der Waals surface area contributed by atoms with E-state index in [2.05, 4.69) is 84.2 Å². The van der Waals surface area contributed by atoms with E-state index in [1.165, 1.54) is 27.8 Å². The highest BCUT2D eigenvalue weighted by molar-refractivity contribution is 5.84. The zero-order valence-corrected chi connectivity index (χ0v) is 15.0. The normalized spacial score (nSPS) is 17.2. The predicted molar refractivity (Wildman–Crippen MR) is 108 cm³/mol. The van der Waals surface area contributed by atoms with Gasteiger partial charge in [0.05, 0.1) is 12.7 Å². The summed E-state index contributed by atoms with van der Waals surface area (Å²) in [6.07, 6.45) is 2.41. The number of ether oxygens (including phenoxy) is 1. The monoisotopic (exact) mass is 343 g/mol. The molecule has 2 heteroatoms. The molecular formula is C24H25NO. The van der Waals surface area contributed by atoms with Gasteiger partial charge in [-0.05, 0) is 40.7 Å². The Morgan fingerprint density at radius 1 is 0.769 bits per heavy atom. The average molecular weight is 343 g/mol. The second kappa shape index (κ2) is 8.31. The third-order valence-electron chi connectivity index (χ3n) is 5.06. The molecule has 3 aromatic carbocycles. The molecule has 0 saturated carbocycles. The van der Waals surface area contributed by atoms with Crippen LogP contribution in [0.25, 0.3) is 22.3 Å². The first-order valence-corrected chi connectivity index (χ1v) is 9.47. The molecule has 3 aromatic rings. The summed E-state index contributed by atoms with van der Waals surface area (Å²) in [6, 6.07) is 28.1. The Hall–Kier alpha value is -2.42. The minimum Gasteiger partial charge on any atom is -0.376 e. The number of benzene rings is 3. The van der Waals surface area contributed by atoms with Crippen LogP contribution < -0.4 is 5.32 Å². The summed E-state index contributed by atoms with van der Waals surface area (Å²) >= 11 is 0. The smallest absolute Gasteiger partial charge is 0.0703 e. The van der Waals surface area contributed by atoms with Gasteiger partial charge in [0.1, 0.15) is 0 Å². The van der Waals surface area contributed by atoms with Crippen molar-refractivity contribution in [2.75, 3.05) is 19.7 Å². The van der Waals surface area contributed by atoms with Crippen molar-refractivity contribution in [1.29, 1.82) is 0 Å². The third kappa shape index (κ3) is 3.87. The van der Waals surface area contributed by atoms with E-state index in [1.54, 1.807) is 0 Å². The van der Waals surface area contributed by atoms with Crippen molar-refractivity contribution in [2.24, 2.45) is 0 Å². The van der Waals surface area contributed by atoms with Crippen molar-refractivity contribution >= 4 is 0 Å². The highest BCUT2D eigenvalue weighted by atomic mass is 16.5. The Morgan fingerprint density at radius 3 is 2.23 bits per heavy atom. The number of aryl methyl sites for hydroxylation is 1. The summed E-state index contributed by atoms with van der Waals surface area (Å²) in [5.41, 5.74) is 6.58. The fraction of sp³-hybridized carbons (Fsp3) is 0.250. The van der Waals surface area contributed by atoms with Gasteiger partial charge in [-0.15, -0.1) is 0 Å². The molecule has 1 saturated heterocycles. The van der Waals surface area contributed by atoms with Gasteiger partial charge in [-0.25, -0.2) is 0 Å². The lowest BCUT2D eigenvalue weighted by molar-refractivity contribution is 0.0238. The van der Waals surface area contributed by atoms with Crippen LogP contribution in [0, 0.1) is 0 Å². The van der Waals surface area contributed by atoms with Crippen molar-refractivity contribution in [2.45, 2.75) is 18.9 Å². The van der Waals surface area contributed by atoms with Gasteiger partial charge in [-0.3, -0.25) is 0 Å². The van der Waals surface area contributed by atoms with Crippen molar-refractivity contribution in [3.63, 3.8) is 0 Å². The summed E-state index contributed by atoms with van der Waals surface area (Å²) in [7, 11) is 0. The molecule has 0 radical (unpaired) electrons. The molecule has 132 valence electrons. The number of hydrogen-bond acceptors (Lipinski definition) is 2. The lowest BCUT2D eigenvalue weighted by Gasteiger charge is -2.24. The van der Waals surface area contributed by atoms with Crippen molar-refractivity contribution < 1.29 is 4.74 Å². The van der Waals surface area contributed by atoms with Crippen molar-refractivity contribution in [3.05, 3.63) is 84.4 Å². The molecule has 2 nitrogen and oxygen atoms in total. The van der Waals surface area contributed by atoms with Crippen molar-refractivity contribution in [3.8, 4) is 22.3 Å². The summed E-state index contributed by atoms with van der Waals surface area (Å²) in [4.78, 5) is 0. The molecule has 0 bridgehead atoms. The highest BCUT2D eigenvalue weighted by Gasteiger charge is 2.15. The van der Waals surface area contributed by atoms with Crippen LogP contribution in [-0.4, -0.2) is 25.8 Å². The average Bonchev–Trinajstić information content (AvgIpc) is 2.74. The van der Waals surface area contributed by atoms with Crippen LogP contribution in [0.5, 0.6) is 0 Å². The summed E-state index contributed by atoms with van der Waals surface area (Å²) in [6.45, 7) is 2.75. The van der Waals surface area contributed by atoms with Crippen LogP contribution in [0.3, 0.4) is 0 Å². The van der Waals surface area contributed by atoms with Gasteiger partial charge >= 0.3 is 0 Å². The fourth-order valence-electron chi connectivity index (χ4n) is 3.71. The van der Waals surface area contributed by atoms with Crippen LogP contribution in [0.4, 0.5) is 0 Å². The van der Waals surface area contributed by atoms with E-state index in [0.29, 0.717) is 6.10 Å². The van der Waals surface area contributed by atoms with E-state index in [9.17, 15) is 0 Å². The van der Waals surface area contributed by atoms with Crippen molar-refractivity contribution in [1.82, 2.24) is 5.32 Å². The SMILES string of the molecule is c1ccc(-c2ccccc2-c2ccccc2CCC2CNCCO2)cc1. The molecule has 1 fully saturated rings. The van der Waals surface area contributed by atoms with Gasteiger partial charge in [-0.1, -0.05) is 78.9 Å². The van der Waals surface area contributed by atoms with E-state index in [1.807, 2.05) is 0 Å². The van der Waals surface area contributed by atoms with Gasteiger partial charge in [0.25, 0.3) is 0 Å². The number of hydrogen-bond donors (Lipinski definition) is 1. The number of nitrogens with one attached hydrogen (secondary N) is 1. The molecule has 4 rings (SSSR count). The highest BCUT2D eigenvalue weighted by Crippen LogP contribution is 2.34. The second-order valence-corrected chi connectivity index (χ2v) is 6.80. The van der Waals surface area contributed by atoms with Gasteiger partial charge < -0.3 is 10.1 Å². The zero-order valence-electron chi connectivity index (χ0n) is 15.0. The largest absolute Gasteiger partial charge is 0.376 e. The maximum absolute atomic E-state index is 5.88. The number of morpholine rings is 1. The van der Waals surface area contributed by atoms with Crippen LogP contribution in [0.15, 0.2) is 78.9 Å². The maximum atomic E-state index is 5.88. The quantitative estimate of drug-likeness (QED) is 0.708. The topological polar surface area (TPSA) is 21.3 Å². The first kappa shape index (κ1) is 17.0. The molecule has 0 amide bonds. The Balaban J connectivity index is 1.64. The summed E-state index contributed by atoms with van der Waals surface area (Å²) in [5, 5.41) is 3.42. The van der Waals surface area contributed by atoms with Gasteiger partial charge in [-0.2, -0.15) is 0 Å². The lowest BCUT2D eigenvalue weighted by atomic mass is 9.90. The van der Waals surface area contributed by atoms with E-state index in [4.69, 9.17) is 4.74 Å². The Labute approximate surface area is 155 Å². The standard InChI is InChI=1S/C24H25NO/c1-2-8-19(9-3-1)22-12-6-7-13-24(22)23-11-5-4-10-20(23)14-15-21-18-25-16-17-26-21/h1-13,21,25H,14-18H2. The molecule has 1 aliphatic rings. The first-order chi connectivity index (χ1) is 12.9. The van der Waals surface area contributed by atoms with Gasteiger partial charge in [0, 0.05) is 13.1 Å². The van der Waals surface area contributed by atoms with E-state index >= 15 is 0 Å². The third-order valence-corrected chi connectivity index (χ3v) is 5.06. The Kier molecular flexibility index (Phi) is 5.44. The Bertz CT molecular complexity index is 838. The fourth-order valence-corrected chi connectivity index (χ4v) is 3.71.